The van der Waals surface area contributed by atoms with E-state index in [0.29, 0.717) is 12.3 Å². The molecule has 0 fully saturated rings. The number of carbonyl (C=O) groups is 2. The zero-order chi connectivity index (χ0) is 18.0. The number of hydrogen-bond donors (Lipinski definition) is 1. The Balaban J connectivity index is 5.18. The molecule has 8 heteroatoms. The van der Waals surface area contributed by atoms with E-state index in [2.05, 4.69) is 15.3 Å². The highest BCUT2D eigenvalue weighted by Crippen LogP contribution is 2.15. The van der Waals surface area contributed by atoms with Crippen LogP contribution in [0, 0.1) is 5.92 Å². The van der Waals surface area contributed by atoms with Crippen molar-refractivity contribution in [3.05, 3.63) is 10.4 Å². The number of ether oxygens (including phenoxy) is 2. The lowest BCUT2D eigenvalue weighted by molar-refractivity contribution is -0.146. The van der Waals surface area contributed by atoms with Crippen LogP contribution in [-0.4, -0.2) is 36.4 Å². The lowest BCUT2D eigenvalue weighted by atomic mass is 9.98. The largest absolute Gasteiger partial charge is 0.464 e. The van der Waals surface area contributed by atoms with Crippen molar-refractivity contribution in [2.75, 3.05) is 6.61 Å². The first-order valence-electron chi connectivity index (χ1n) is 7.81. The van der Waals surface area contributed by atoms with E-state index in [-0.39, 0.29) is 6.61 Å². The summed E-state index contributed by atoms with van der Waals surface area (Å²) in [6.07, 6.45) is 0.453. The van der Waals surface area contributed by atoms with Crippen molar-refractivity contribution in [2.45, 2.75) is 72.1 Å². The van der Waals surface area contributed by atoms with Gasteiger partial charge in [-0.05, 0) is 45.6 Å². The molecule has 8 nitrogen and oxygen atoms in total. The van der Waals surface area contributed by atoms with E-state index in [9.17, 15) is 9.59 Å². The van der Waals surface area contributed by atoms with Gasteiger partial charge in [-0.25, -0.2) is 9.59 Å². The molecular weight excluding hydrogens is 300 g/mol. The summed E-state index contributed by atoms with van der Waals surface area (Å²) < 4.78 is 10.1. The van der Waals surface area contributed by atoms with Crippen molar-refractivity contribution in [3.63, 3.8) is 0 Å². The van der Waals surface area contributed by atoms with Gasteiger partial charge >= 0.3 is 12.1 Å². The number of nitrogens with one attached hydrogen (secondary N) is 1. The Morgan fingerprint density at radius 3 is 2.30 bits per heavy atom. The third kappa shape index (κ3) is 9.63. The Kier molecular flexibility index (Phi) is 9.10. The van der Waals surface area contributed by atoms with Crippen LogP contribution in [0.5, 0.6) is 0 Å². The van der Waals surface area contributed by atoms with Crippen molar-refractivity contribution in [3.8, 4) is 0 Å². The summed E-state index contributed by atoms with van der Waals surface area (Å²) in [5.41, 5.74) is 8.05. The second kappa shape index (κ2) is 9.94. The van der Waals surface area contributed by atoms with E-state index in [1.165, 1.54) is 0 Å². The van der Waals surface area contributed by atoms with Crippen molar-refractivity contribution in [2.24, 2.45) is 11.0 Å². The number of carbonyl (C=O) groups excluding carboxylic acids is 2. The molecule has 0 heterocycles. The highest BCUT2D eigenvalue weighted by atomic mass is 16.6. The Morgan fingerprint density at radius 2 is 1.87 bits per heavy atom. The van der Waals surface area contributed by atoms with E-state index < -0.39 is 29.7 Å². The summed E-state index contributed by atoms with van der Waals surface area (Å²) in [4.78, 5) is 26.9. The molecule has 0 bridgehead atoms. The number of azide groups is 1. The maximum absolute atomic E-state index is 12.1. The summed E-state index contributed by atoms with van der Waals surface area (Å²) in [5, 5.41) is 6.12. The molecule has 0 saturated carbocycles. The summed E-state index contributed by atoms with van der Waals surface area (Å²) in [7, 11) is 0. The lowest BCUT2D eigenvalue weighted by Crippen LogP contribution is -2.50. The zero-order valence-electron chi connectivity index (χ0n) is 14.8. The molecule has 1 N–H and O–H groups in total. The van der Waals surface area contributed by atoms with E-state index in [1.807, 2.05) is 13.8 Å². The molecule has 0 saturated heterocycles. The molecule has 1 amide bonds. The Hall–Kier alpha value is -1.95. The molecule has 0 aliphatic heterocycles. The minimum absolute atomic E-state index is 0.165. The van der Waals surface area contributed by atoms with E-state index in [1.54, 1.807) is 27.7 Å². The van der Waals surface area contributed by atoms with Crippen LogP contribution in [0.1, 0.15) is 54.4 Å². The van der Waals surface area contributed by atoms with Gasteiger partial charge in [0, 0.05) is 4.91 Å². The molecule has 0 aliphatic carbocycles. The van der Waals surface area contributed by atoms with Gasteiger partial charge in [-0.1, -0.05) is 25.4 Å². The topological polar surface area (TPSA) is 113 Å². The van der Waals surface area contributed by atoms with Gasteiger partial charge in [-0.2, -0.15) is 0 Å². The third-order valence-corrected chi connectivity index (χ3v) is 2.84. The first kappa shape index (κ1) is 21.0. The van der Waals surface area contributed by atoms with E-state index in [0.717, 1.165) is 6.42 Å². The smallest absolute Gasteiger partial charge is 0.408 e. The Labute approximate surface area is 137 Å². The maximum atomic E-state index is 12.1. The summed E-state index contributed by atoms with van der Waals surface area (Å²) in [6, 6.07) is -1.80. The number of nitrogens with zero attached hydrogens (tertiary/aromatic N) is 3. The summed E-state index contributed by atoms with van der Waals surface area (Å²) in [5.74, 6) is -0.268. The zero-order valence-corrected chi connectivity index (χ0v) is 14.8. The number of rotatable bonds is 8. The molecule has 2 atom stereocenters. The van der Waals surface area contributed by atoms with Crippen molar-refractivity contribution < 1.29 is 19.1 Å². The van der Waals surface area contributed by atoms with Gasteiger partial charge < -0.3 is 14.8 Å². The third-order valence-electron chi connectivity index (χ3n) is 2.84. The van der Waals surface area contributed by atoms with Gasteiger partial charge in [0.2, 0.25) is 0 Å². The average Bonchev–Trinajstić information content (AvgIpc) is 2.39. The van der Waals surface area contributed by atoms with Crippen molar-refractivity contribution in [1.82, 2.24) is 5.32 Å². The molecule has 0 aromatic carbocycles. The van der Waals surface area contributed by atoms with Crippen LogP contribution in [0.15, 0.2) is 5.11 Å². The molecule has 23 heavy (non-hydrogen) atoms. The van der Waals surface area contributed by atoms with E-state index >= 15 is 0 Å². The number of hydrogen-bond acceptors (Lipinski definition) is 5. The number of esters is 1. The Bertz CT molecular complexity index is 439. The highest BCUT2D eigenvalue weighted by molar-refractivity contribution is 5.82. The second-order valence-corrected chi connectivity index (χ2v) is 6.62. The second-order valence-electron chi connectivity index (χ2n) is 6.62. The minimum Gasteiger partial charge on any atom is -0.464 e. The van der Waals surface area contributed by atoms with Gasteiger partial charge in [0.1, 0.15) is 11.6 Å². The first-order valence-corrected chi connectivity index (χ1v) is 7.81. The highest BCUT2D eigenvalue weighted by Gasteiger charge is 2.32. The maximum Gasteiger partial charge on any atom is 0.408 e. The molecule has 0 aliphatic rings. The Morgan fingerprint density at radius 1 is 1.26 bits per heavy atom. The molecule has 1 unspecified atom stereocenters. The van der Waals surface area contributed by atoms with Crippen molar-refractivity contribution in [1.29, 1.82) is 0 Å². The van der Waals surface area contributed by atoms with Gasteiger partial charge in [0.25, 0.3) is 0 Å². The number of alkyl carbamates (subject to hydrolysis) is 1. The molecule has 0 aromatic rings. The predicted molar refractivity (Wildman–Crippen MR) is 86.8 cm³/mol. The summed E-state index contributed by atoms with van der Waals surface area (Å²) in [6.45, 7) is 11.0. The van der Waals surface area contributed by atoms with Gasteiger partial charge in [-0.3, -0.25) is 0 Å². The normalized spacial score (nSPS) is 13.7. The minimum atomic E-state index is -1.07. The monoisotopic (exact) mass is 328 g/mol. The van der Waals surface area contributed by atoms with Gasteiger partial charge in [-0.15, -0.1) is 0 Å². The average molecular weight is 328 g/mol. The predicted octanol–water partition coefficient (Wildman–Crippen LogP) is 3.56. The standard InChI is InChI=1S/C15H28N4O4/c1-7-22-13(20)12(17-14(21)23-15(4,5)6)11(18-19-16)9-8-10(2)3/h10-12H,7-9H2,1-6H3,(H,17,21)/t11-,12?/m0/s1. The van der Waals surface area contributed by atoms with Crippen LogP contribution in [0.25, 0.3) is 10.4 Å². The lowest BCUT2D eigenvalue weighted by Gasteiger charge is -2.26. The van der Waals surface area contributed by atoms with Crippen LogP contribution in [0.4, 0.5) is 4.79 Å². The first-order chi connectivity index (χ1) is 10.6. The van der Waals surface area contributed by atoms with Crippen LogP contribution in [-0.2, 0) is 14.3 Å². The molecule has 0 radical (unpaired) electrons. The van der Waals surface area contributed by atoms with Crippen LogP contribution in [0.3, 0.4) is 0 Å². The molecule has 0 spiro atoms. The van der Waals surface area contributed by atoms with Crippen LogP contribution in [0.2, 0.25) is 0 Å². The van der Waals surface area contributed by atoms with Crippen LogP contribution >= 0.6 is 0 Å². The van der Waals surface area contributed by atoms with Gasteiger partial charge in [0.15, 0.2) is 0 Å². The fourth-order valence-electron chi connectivity index (χ4n) is 1.84. The molecular formula is C15H28N4O4. The fourth-order valence-corrected chi connectivity index (χ4v) is 1.84. The quantitative estimate of drug-likeness (QED) is 0.317. The molecule has 0 rings (SSSR count). The molecule has 0 aromatic heterocycles. The SMILES string of the molecule is CCOC(=O)C(NC(=O)OC(C)(C)C)[C@H](CCC(C)C)N=[N+]=[N-]. The molecule has 132 valence electrons. The summed E-state index contributed by atoms with van der Waals surface area (Å²) >= 11 is 0. The fraction of sp³-hybridized carbons (Fsp3) is 0.867. The van der Waals surface area contributed by atoms with E-state index in [4.69, 9.17) is 15.0 Å². The van der Waals surface area contributed by atoms with Crippen molar-refractivity contribution >= 4 is 12.1 Å². The van der Waals surface area contributed by atoms with Gasteiger partial charge in [0.05, 0.1) is 12.6 Å². The van der Waals surface area contributed by atoms with Crippen LogP contribution < -0.4 is 5.32 Å². The number of amides is 1.